The molecule has 1 aliphatic carbocycles. The Kier molecular flexibility index (Phi) is 8.58. The number of benzene rings is 2. The molecule has 0 saturated carbocycles. The van der Waals surface area contributed by atoms with Crippen molar-refractivity contribution in [2.45, 2.75) is 46.0 Å². The predicted molar refractivity (Wildman–Crippen MR) is 132 cm³/mol. The molecule has 0 saturated heterocycles. The van der Waals surface area contributed by atoms with Gasteiger partial charge >= 0.3 is 11.9 Å². The van der Waals surface area contributed by atoms with Crippen molar-refractivity contribution >= 4 is 17.5 Å². The van der Waals surface area contributed by atoms with Crippen LogP contribution >= 0.6 is 0 Å². The van der Waals surface area contributed by atoms with Crippen molar-refractivity contribution in [2.75, 3.05) is 6.61 Å². The summed E-state index contributed by atoms with van der Waals surface area (Å²) in [5.74, 6) is -0.698. The molecule has 0 fully saturated rings. The van der Waals surface area contributed by atoms with Crippen molar-refractivity contribution in [3.63, 3.8) is 0 Å². The molecule has 1 unspecified atom stereocenters. The number of hydrogen-bond donors (Lipinski definition) is 0. The molecule has 3 rings (SSSR count). The van der Waals surface area contributed by atoms with Crippen LogP contribution in [0.1, 0.15) is 56.2 Å². The van der Waals surface area contributed by atoms with Gasteiger partial charge in [0.2, 0.25) is 0 Å². The summed E-state index contributed by atoms with van der Waals surface area (Å²) in [7, 11) is 0. The first-order valence-electron chi connectivity index (χ1n) is 11.6. The van der Waals surface area contributed by atoms with Crippen molar-refractivity contribution in [1.29, 1.82) is 0 Å². The van der Waals surface area contributed by atoms with Gasteiger partial charge in [-0.2, -0.15) is 0 Å². The maximum atomic E-state index is 15.0. The van der Waals surface area contributed by atoms with Crippen molar-refractivity contribution in [2.24, 2.45) is 5.92 Å². The molecular formula is C29H31FO4. The van der Waals surface area contributed by atoms with E-state index >= 15 is 0 Å². The van der Waals surface area contributed by atoms with E-state index in [1.165, 1.54) is 0 Å². The Morgan fingerprint density at radius 1 is 1.09 bits per heavy atom. The number of hydrogen-bond acceptors (Lipinski definition) is 4. The van der Waals surface area contributed by atoms with Crippen LogP contribution in [0, 0.1) is 5.92 Å². The molecule has 1 aliphatic rings. The van der Waals surface area contributed by atoms with E-state index in [0.29, 0.717) is 29.9 Å². The van der Waals surface area contributed by atoms with Crippen LogP contribution in [-0.2, 0) is 20.7 Å². The lowest BCUT2D eigenvalue weighted by atomic mass is 9.87. The fraction of sp³-hybridized carbons (Fsp3) is 0.310. The van der Waals surface area contributed by atoms with Gasteiger partial charge in [0, 0.05) is 17.1 Å². The maximum absolute atomic E-state index is 15.0. The minimum Gasteiger partial charge on any atom is -0.462 e. The summed E-state index contributed by atoms with van der Waals surface area (Å²) in [6.45, 7) is 9.11. The van der Waals surface area contributed by atoms with Crippen LogP contribution in [0.5, 0.6) is 5.75 Å². The lowest BCUT2D eigenvalue weighted by Gasteiger charge is -2.19. The van der Waals surface area contributed by atoms with E-state index in [2.05, 4.69) is 6.58 Å². The first-order chi connectivity index (χ1) is 16.2. The number of carbonyl (C=O) groups is 2. The highest BCUT2D eigenvalue weighted by Gasteiger charge is 2.19. The SMILES string of the molecule is C=C(C)C(=O)OCCCc1ccc(C2C=C(F)C(c3ccc(OC(=O)C(C)C)cc3)=CC2)cc1. The van der Waals surface area contributed by atoms with Gasteiger partial charge in [-0.3, -0.25) is 4.79 Å². The summed E-state index contributed by atoms with van der Waals surface area (Å²) in [6, 6.07) is 15.1. The zero-order valence-corrected chi connectivity index (χ0v) is 20.0. The van der Waals surface area contributed by atoms with Crippen LogP contribution in [0.15, 0.2) is 78.7 Å². The average molecular weight is 463 g/mol. The highest BCUT2D eigenvalue weighted by atomic mass is 19.1. The van der Waals surface area contributed by atoms with Crippen molar-refractivity contribution in [3.8, 4) is 5.75 Å². The Morgan fingerprint density at radius 3 is 2.35 bits per heavy atom. The van der Waals surface area contributed by atoms with Crippen LogP contribution < -0.4 is 4.74 Å². The van der Waals surface area contributed by atoms with Gasteiger partial charge in [0.15, 0.2) is 0 Å². The molecule has 0 aliphatic heterocycles. The zero-order chi connectivity index (χ0) is 24.7. The number of carbonyl (C=O) groups excluding carboxylic acids is 2. The normalized spacial score (nSPS) is 15.4. The molecule has 1 atom stereocenters. The van der Waals surface area contributed by atoms with Gasteiger partial charge < -0.3 is 9.47 Å². The molecule has 0 N–H and O–H groups in total. The Balaban J connectivity index is 1.56. The molecule has 0 radical (unpaired) electrons. The topological polar surface area (TPSA) is 52.6 Å². The van der Waals surface area contributed by atoms with E-state index in [0.717, 1.165) is 29.5 Å². The van der Waals surface area contributed by atoms with E-state index in [9.17, 15) is 14.0 Å². The molecule has 5 heteroatoms. The molecule has 34 heavy (non-hydrogen) atoms. The number of aryl methyl sites for hydroxylation is 1. The molecule has 2 aromatic carbocycles. The third-order valence-electron chi connectivity index (χ3n) is 5.64. The second kappa shape index (κ2) is 11.6. The molecule has 0 spiro atoms. The molecule has 0 aromatic heterocycles. The monoisotopic (exact) mass is 462 g/mol. The van der Waals surface area contributed by atoms with E-state index in [4.69, 9.17) is 9.47 Å². The number of allylic oxidation sites excluding steroid dienone is 4. The molecule has 0 bridgehead atoms. The van der Waals surface area contributed by atoms with Gasteiger partial charge in [-0.1, -0.05) is 62.9 Å². The minimum atomic E-state index is -0.362. The average Bonchev–Trinajstić information content (AvgIpc) is 2.82. The summed E-state index contributed by atoms with van der Waals surface area (Å²) >= 11 is 0. The van der Waals surface area contributed by atoms with Gasteiger partial charge in [-0.15, -0.1) is 0 Å². The lowest BCUT2D eigenvalue weighted by molar-refractivity contribution is -0.139. The lowest BCUT2D eigenvalue weighted by Crippen LogP contribution is -2.14. The smallest absolute Gasteiger partial charge is 0.333 e. The standard InChI is InChI=1S/C29H31FO4/c1-19(2)28(31)33-17-5-6-21-7-9-22(10-8-21)24-13-16-26(27(30)18-24)23-11-14-25(15-12-23)34-29(32)20(3)4/h7-12,14-16,18,20,24H,1,5-6,13,17H2,2-4H3. The largest absolute Gasteiger partial charge is 0.462 e. The molecule has 4 nitrogen and oxygen atoms in total. The van der Waals surface area contributed by atoms with Crippen LogP contribution in [0.2, 0.25) is 0 Å². The molecular weight excluding hydrogens is 431 g/mol. The van der Waals surface area contributed by atoms with Crippen LogP contribution in [0.3, 0.4) is 0 Å². The Morgan fingerprint density at radius 2 is 1.76 bits per heavy atom. The summed E-state index contributed by atoms with van der Waals surface area (Å²) in [5.41, 5.74) is 3.90. The molecule has 0 heterocycles. The van der Waals surface area contributed by atoms with Crippen LogP contribution in [0.25, 0.3) is 5.57 Å². The van der Waals surface area contributed by atoms with E-state index in [1.54, 1.807) is 51.1 Å². The first-order valence-corrected chi connectivity index (χ1v) is 11.6. The van der Waals surface area contributed by atoms with Gasteiger partial charge in [-0.25, -0.2) is 9.18 Å². The van der Waals surface area contributed by atoms with Crippen molar-refractivity contribution in [1.82, 2.24) is 0 Å². The van der Waals surface area contributed by atoms with Crippen LogP contribution in [0.4, 0.5) is 4.39 Å². The van der Waals surface area contributed by atoms with Crippen molar-refractivity contribution in [3.05, 3.63) is 95.4 Å². The van der Waals surface area contributed by atoms with Gasteiger partial charge in [0.25, 0.3) is 0 Å². The Labute approximate surface area is 200 Å². The summed E-state index contributed by atoms with van der Waals surface area (Å²) in [5, 5.41) is 0. The predicted octanol–water partition coefficient (Wildman–Crippen LogP) is 6.72. The molecule has 0 amide bonds. The Bertz CT molecular complexity index is 1090. The number of esters is 2. The maximum Gasteiger partial charge on any atom is 0.333 e. The van der Waals surface area contributed by atoms with E-state index < -0.39 is 0 Å². The summed E-state index contributed by atoms with van der Waals surface area (Å²) in [6.07, 6.45) is 5.80. The number of halogens is 1. The second-order valence-electron chi connectivity index (χ2n) is 8.84. The number of ether oxygens (including phenoxy) is 2. The summed E-state index contributed by atoms with van der Waals surface area (Å²) in [4.78, 5) is 23.1. The van der Waals surface area contributed by atoms with Gasteiger partial charge in [-0.05, 0) is 61.1 Å². The molecule has 178 valence electrons. The van der Waals surface area contributed by atoms with Gasteiger partial charge in [0.05, 0.1) is 12.5 Å². The van der Waals surface area contributed by atoms with Gasteiger partial charge in [0.1, 0.15) is 11.6 Å². The second-order valence-corrected chi connectivity index (χ2v) is 8.84. The third-order valence-corrected chi connectivity index (χ3v) is 5.64. The number of rotatable bonds is 9. The quantitative estimate of drug-likeness (QED) is 0.180. The highest BCUT2D eigenvalue weighted by Crippen LogP contribution is 2.36. The zero-order valence-electron chi connectivity index (χ0n) is 20.0. The van der Waals surface area contributed by atoms with E-state index in [1.807, 2.05) is 30.3 Å². The Hall–Kier alpha value is -3.47. The van der Waals surface area contributed by atoms with E-state index in [-0.39, 0.29) is 29.6 Å². The van der Waals surface area contributed by atoms with Crippen molar-refractivity contribution < 1.29 is 23.5 Å². The summed E-state index contributed by atoms with van der Waals surface area (Å²) < 4.78 is 25.4. The third kappa shape index (κ3) is 6.77. The fourth-order valence-electron chi connectivity index (χ4n) is 3.60. The molecule has 2 aromatic rings. The fourth-order valence-corrected chi connectivity index (χ4v) is 3.60. The first kappa shape index (κ1) is 25.2. The van der Waals surface area contributed by atoms with Crippen LogP contribution in [-0.4, -0.2) is 18.5 Å². The minimum absolute atomic E-state index is 0.0272. The highest BCUT2D eigenvalue weighted by molar-refractivity contribution is 5.86.